The maximum atomic E-state index is 13.3. The Morgan fingerprint density at radius 2 is 1.61 bits per heavy atom. The van der Waals surface area contributed by atoms with Crippen LogP contribution in [0, 0.1) is 0 Å². The fraction of sp³-hybridized carbons (Fsp3) is 0.344. The molecular formula is C32H28F6N2O5S. The van der Waals surface area contributed by atoms with Crippen molar-refractivity contribution in [2.24, 2.45) is 0 Å². The first kappa shape index (κ1) is 31.9. The summed E-state index contributed by atoms with van der Waals surface area (Å²) in [5.41, 5.74) is -4.03. The van der Waals surface area contributed by atoms with Crippen molar-refractivity contribution in [3.8, 4) is 0 Å². The first-order chi connectivity index (χ1) is 21.4. The third-order valence-electron chi connectivity index (χ3n) is 9.23. The van der Waals surface area contributed by atoms with Crippen molar-refractivity contribution in [3.63, 3.8) is 0 Å². The monoisotopic (exact) mass is 666 g/mol. The SMILES string of the molecule is CC1(C2C(CNc3ccc(C(O)(C(F)(F)F)C(F)(F)F)cc3)=Cc3ccccc32)c2ccc(S(=O)(=O)C3CC3)cc2CN1C(=O)O. The predicted octanol–water partition coefficient (Wildman–Crippen LogP) is 6.94. The molecule has 1 heterocycles. The van der Waals surface area contributed by atoms with Crippen molar-refractivity contribution >= 4 is 27.7 Å². The van der Waals surface area contributed by atoms with Crippen molar-refractivity contribution in [2.75, 3.05) is 11.9 Å². The number of sulfone groups is 1. The predicted molar refractivity (Wildman–Crippen MR) is 156 cm³/mol. The van der Waals surface area contributed by atoms with Crippen LogP contribution >= 0.6 is 0 Å². The molecule has 7 nitrogen and oxygen atoms in total. The second kappa shape index (κ2) is 10.5. The lowest BCUT2D eigenvalue weighted by atomic mass is 9.73. The lowest BCUT2D eigenvalue weighted by Crippen LogP contribution is -2.53. The van der Waals surface area contributed by atoms with E-state index in [2.05, 4.69) is 5.32 Å². The molecule has 3 aliphatic rings. The van der Waals surface area contributed by atoms with E-state index in [1.807, 2.05) is 18.2 Å². The molecule has 2 aliphatic carbocycles. The highest BCUT2D eigenvalue weighted by molar-refractivity contribution is 7.92. The number of hydrogen-bond acceptors (Lipinski definition) is 5. The van der Waals surface area contributed by atoms with Crippen molar-refractivity contribution in [1.29, 1.82) is 0 Å². The van der Waals surface area contributed by atoms with Crippen LogP contribution < -0.4 is 5.32 Å². The summed E-state index contributed by atoms with van der Waals surface area (Å²) in [7, 11) is -3.54. The molecule has 0 aromatic heterocycles. The number of benzene rings is 3. The molecule has 244 valence electrons. The van der Waals surface area contributed by atoms with Gasteiger partial charge < -0.3 is 15.5 Å². The summed E-state index contributed by atoms with van der Waals surface area (Å²) in [4.78, 5) is 14.1. The zero-order valence-electron chi connectivity index (χ0n) is 24.2. The van der Waals surface area contributed by atoms with Gasteiger partial charge in [0.25, 0.3) is 5.60 Å². The van der Waals surface area contributed by atoms with Crippen molar-refractivity contribution in [3.05, 3.63) is 100 Å². The summed E-state index contributed by atoms with van der Waals surface area (Å²) < 4.78 is 106. The number of fused-ring (bicyclic) bond motifs is 2. The zero-order valence-corrected chi connectivity index (χ0v) is 25.0. The average molecular weight is 667 g/mol. The quantitative estimate of drug-likeness (QED) is 0.236. The van der Waals surface area contributed by atoms with Crippen LogP contribution in [-0.4, -0.2) is 53.8 Å². The Kier molecular flexibility index (Phi) is 7.28. The highest BCUT2D eigenvalue weighted by atomic mass is 32.2. The second-order valence-corrected chi connectivity index (χ2v) is 14.2. The molecule has 1 amide bonds. The van der Waals surface area contributed by atoms with Crippen LogP contribution in [0.3, 0.4) is 0 Å². The van der Waals surface area contributed by atoms with Crippen LogP contribution in [0.15, 0.2) is 77.2 Å². The molecule has 1 fully saturated rings. The van der Waals surface area contributed by atoms with Crippen molar-refractivity contribution < 1.29 is 49.8 Å². The Bertz CT molecular complexity index is 1840. The Morgan fingerprint density at radius 3 is 2.20 bits per heavy atom. The van der Waals surface area contributed by atoms with Gasteiger partial charge in [0.2, 0.25) is 0 Å². The van der Waals surface area contributed by atoms with E-state index in [1.165, 1.54) is 17.0 Å². The number of anilines is 1. The number of aliphatic hydroxyl groups is 1. The minimum atomic E-state index is -6.01. The number of carboxylic acid groups (broad SMARTS) is 1. The van der Waals surface area contributed by atoms with Gasteiger partial charge in [0.1, 0.15) is 0 Å². The number of amides is 1. The Balaban J connectivity index is 1.34. The molecule has 0 bridgehead atoms. The highest BCUT2D eigenvalue weighted by Crippen LogP contribution is 2.55. The number of carbonyl (C=O) groups is 1. The molecule has 3 aromatic carbocycles. The molecule has 2 atom stereocenters. The number of nitrogens with one attached hydrogen (secondary N) is 1. The fourth-order valence-electron chi connectivity index (χ4n) is 6.73. The topological polar surface area (TPSA) is 107 Å². The van der Waals surface area contributed by atoms with E-state index in [-0.39, 0.29) is 23.7 Å². The summed E-state index contributed by atoms with van der Waals surface area (Å²) in [6.07, 6.45) is -10.2. The number of hydrogen-bond donors (Lipinski definition) is 3. The first-order valence-electron chi connectivity index (χ1n) is 14.3. The van der Waals surface area contributed by atoms with Gasteiger partial charge in [0, 0.05) is 23.7 Å². The molecule has 3 aromatic rings. The molecule has 1 saturated carbocycles. The van der Waals surface area contributed by atoms with Crippen LogP contribution in [-0.2, 0) is 27.5 Å². The Labute approximate surface area is 260 Å². The minimum absolute atomic E-state index is 0.0357. The summed E-state index contributed by atoms with van der Waals surface area (Å²) in [5.74, 6) is -0.584. The van der Waals surface area contributed by atoms with E-state index in [1.54, 1.807) is 25.1 Å². The van der Waals surface area contributed by atoms with Gasteiger partial charge in [-0.3, -0.25) is 4.90 Å². The fourth-order valence-corrected chi connectivity index (χ4v) is 8.43. The maximum Gasteiger partial charge on any atom is 0.430 e. The molecule has 0 radical (unpaired) electrons. The van der Waals surface area contributed by atoms with Crippen molar-refractivity contribution in [1.82, 2.24) is 4.90 Å². The first-order valence-corrected chi connectivity index (χ1v) is 15.8. The number of rotatable bonds is 7. The van der Waals surface area contributed by atoms with Crippen LogP contribution in [0.5, 0.6) is 0 Å². The van der Waals surface area contributed by atoms with Crippen LogP contribution in [0.1, 0.15) is 53.5 Å². The Hall–Kier alpha value is -4.04. The van der Waals surface area contributed by atoms with E-state index in [4.69, 9.17) is 0 Å². The third kappa shape index (κ3) is 4.84. The minimum Gasteiger partial charge on any atom is -0.465 e. The number of halogens is 6. The molecule has 1 aliphatic heterocycles. The standard InChI is InChI=1S/C32H28F6N2O5S/c1-29(26-13-12-24(46(44,45)23-10-11-23)15-20(26)17-40(29)28(41)42)27-19(14-18-4-2-3-5-25(18)27)16-39-22-8-6-21(7-9-22)30(43,31(33,34)35)32(36,37)38/h2-9,12-15,23,27,39,43H,10-11,16-17H2,1H3,(H,41,42). The molecular weight excluding hydrogens is 638 g/mol. The van der Waals surface area contributed by atoms with Gasteiger partial charge in [-0.15, -0.1) is 0 Å². The molecule has 46 heavy (non-hydrogen) atoms. The van der Waals surface area contributed by atoms with Gasteiger partial charge in [0.05, 0.1) is 22.2 Å². The lowest BCUT2D eigenvalue weighted by Gasteiger charge is -2.41. The normalized spacial score (nSPS) is 21.5. The van der Waals surface area contributed by atoms with Gasteiger partial charge in [-0.25, -0.2) is 13.2 Å². The van der Waals surface area contributed by atoms with Crippen LogP contribution in [0.25, 0.3) is 6.08 Å². The van der Waals surface area contributed by atoms with E-state index in [0.29, 0.717) is 41.7 Å². The molecule has 0 saturated heterocycles. The summed E-state index contributed by atoms with van der Waals surface area (Å²) in [5, 5.41) is 22.6. The van der Waals surface area contributed by atoms with E-state index in [0.717, 1.165) is 23.3 Å². The van der Waals surface area contributed by atoms with Gasteiger partial charge in [-0.1, -0.05) is 48.5 Å². The molecule has 3 N–H and O–H groups in total. The lowest BCUT2D eigenvalue weighted by molar-refractivity contribution is -0.376. The zero-order chi connectivity index (χ0) is 33.4. The van der Waals surface area contributed by atoms with Gasteiger partial charge >= 0.3 is 18.4 Å². The second-order valence-electron chi connectivity index (χ2n) is 12.0. The summed E-state index contributed by atoms with van der Waals surface area (Å²) >= 11 is 0. The smallest absolute Gasteiger partial charge is 0.430 e. The van der Waals surface area contributed by atoms with Gasteiger partial charge in [-0.05, 0) is 71.9 Å². The van der Waals surface area contributed by atoms with Gasteiger partial charge in [-0.2, -0.15) is 26.3 Å². The number of nitrogens with zero attached hydrogens (tertiary/aromatic N) is 1. The maximum absolute atomic E-state index is 13.3. The molecule has 6 rings (SSSR count). The Morgan fingerprint density at radius 1 is 0.978 bits per heavy atom. The van der Waals surface area contributed by atoms with Crippen LogP contribution in [0.2, 0.25) is 0 Å². The van der Waals surface area contributed by atoms with Gasteiger partial charge in [0.15, 0.2) is 9.84 Å². The van der Waals surface area contributed by atoms with Crippen LogP contribution in [0.4, 0.5) is 36.8 Å². The molecule has 14 heteroatoms. The summed E-state index contributed by atoms with van der Waals surface area (Å²) in [6.45, 7) is 1.73. The van der Waals surface area contributed by atoms with Crippen molar-refractivity contribution in [2.45, 2.75) is 65.9 Å². The molecule has 2 unspecified atom stereocenters. The summed E-state index contributed by atoms with van der Waals surface area (Å²) in [6, 6.07) is 15.1. The molecule has 0 spiro atoms. The van der Waals surface area contributed by atoms with E-state index < -0.39 is 56.2 Å². The van der Waals surface area contributed by atoms with E-state index >= 15 is 0 Å². The number of alkyl halides is 6. The average Bonchev–Trinajstić information content (AvgIpc) is 3.72. The highest BCUT2D eigenvalue weighted by Gasteiger charge is 2.71. The third-order valence-corrected chi connectivity index (χ3v) is 11.5. The largest absolute Gasteiger partial charge is 0.465 e. The van der Waals surface area contributed by atoms with E-state index in [9.17, 15) is 49.8 Å².